The van der Waals surface area contributed by atoms with Gasteiger partial charge < -0.3 is 10.1 Å². The summed E-state index contributed by atoms with van der Waals surface area (Å²) >= 11 is 0. The van der Waals surface area contributed by atoms with Crippen LogP contribution in [0.5, 0.6) is 5.75 Å². The lowest BCUT2D eigenvalue weighted by atomic mass is 10.1. The molecular weight excluding hydrogens is 246 g/mol. The lowest BCUT2D eigenvalue weighted by Gasteiger charge is -2.14. The summed E-state index contributed by atoms with van der Waals surface area (Å²) in [5.74, 6) is 0.932. The van der Waals surface area contributed by atoms with Gasteiger partial charge >= 0.3 is 0 Å². The van der Waals surface area contributed by atoms with Crippen molar-refractivity contribution in [1.29, 1.82) is 0 Å². The highest BCUT2D eigenvalue weighted by Crippen LogP contribution is 2.26. The lowest BCUT2D eigenvalue weighted by molar-refractivity contribution is 0.341. The zero-order valence-corrected chi connectivity index (χ0v) is 12.6. The number of anilines is 1. The maximum Gasteiger partial charge on any atom is 0.142 e. The molecule has 0 aliphatic carbocycles. The quantitative estimate of drug-likeness (QED) is 0.829. The fourth-order valence-electron chi connectivity index (χ4n) is 2.32. The molecule has 0 unspecified atom stereocenters. The fourth-order valence-corrected chi connectivity index (χ4v) is 2.32. The molecule has 106 valence electrons. The summed E-state index contributed by atoms with van der Waals surface area (Å²) in [4.78, 5) is 0. The minimum Gasteiger partial charge on any atom is -0.492 e. The predicted molar refractivity (Wildman–Crippen MR) is 85.5 cm³/mol. The molecule has 2 rings (SSSR count). The van der Waals surface area contributed by atoms with Crippen LogP contribution in [0.1, 0.15) is 30.5 Å². The minimum atomic E-state index is 0.684. The van der Waals surface area contributed by atoms with Crippen molar-refractivity contribution >= 4 is 5.69 Å². The van der Waals surface area contributed by atoms with E-state index in [9.17, 15) is 0 Å². The Hall–Kier alpha value is -1.96. The molecule has 0 atom stereocenters. The van der Waals surface area contributed by atoms with E-state index in [1.54, 1.807) is 0 Å². The van der Waals surface area contributed by atoms with Crippen LogP contribution < -0.4 is 10.1 Å². The molecule has 0 amide bonds. The monoisotopic (exact) mass is 269 g/mol. The van der Waals surface area contributed by atoms with E-state index in [0.29, 0.717) is 6.61 Å². The van der Waals surface area contributed by atoms with Crippen molar-refractivity contribution in [2.24, 2.45) is 0 Å². The van der Waals surface area contributed by atoms with Gasteiger partial charge in [0.25, 0.3) is 0 Å². The Labute approximate surface area is 121 Å². The number of aryl methyl sites for hydroxylation is 2. The second-order valence-electron chi connectivity index (χ2n) is 4.91. The Morgan fingerprint density at radius 3 is 2.45 bits per heavy atom. The zero-order valence-electron chi connectivity index (χ0n) is 12.6. The van der Waals surface area contributed by atoms with E-state index in [2.05, 4.69) is 61.6 Å². The van der Waals surface area contributed by atoms with Gasteiger partial charge in [0.1, 0.15) is 5.75 Å². The topological polar surface area (TPSA) is 21.3 Å². The average Bonchev–Trinajstić information content (AvgIpc) is 2.47. The minimum absolute atomic E-state index is 0.684. The molecule has 2 aromatic rings. The molecule has 0 aliphatic heterocycles. The van der Waals surface area contributed by atoms with E-state index in [1.165, 1.54) is 16.7 Å². The highest BCUT2D eigenvalue weighted by Gasteiger charge is 2.05. The van der Waals surface area contributed by atoms with Gasteiger partial charge in [-0.1, -0.05) is 37.3 Å². The zero-order chi connectivity index (χ0) is 14.4. The third kappa shape index (κ3) is 3.53. The maximum absolute atomic E-state index is 5.70. The molecule has 1 N–H and O–H groups in total. The molecule has 0 spiro atoms. The fraction of sp³-hybridized carbons (Fsp3) is 0.333. The second-order valence-corrected chi connectivity index (χ2v) is 4.91. The van der Waals surface area contributed by atoms with Crippen molar-refractivity contribution in [3.63, 3.8) is 0 Å². The Morgan fingerprint density at radius 1 is 1.00 bits per heavy atom. The van der Waals surface area contributed by atoms with E-state index >= 15 is 0 Å². The van der Waals surface area contributed by atoms with E-state index in [0.717, 1.165) is 24.4 Å². The summed E-state index contributed by atoms with van der Waals surface area (Å²) in [5, 5.41) is 3.49. The molecule has 2 heteroatoms. The Bertz CT molecular complexity index is 563. The normalized spacial score (nSPS) is 10.3. The van der Waals surface area contributed by atoms with Crippen LogP contribution in [-0.4, -0.2) is 6.61 Å². The standard InChI is InChI=1S/C18H23NO/c1-4-15-8-6-7-9-16(15)13-19-17-11-10-14(3)12-18(17)20-5-2/h6-12,19H,4-5,13H2,1-3H3. The van der Waals surface area contributed by atoms with Crippen LogP contribution >= 0.6 is 0 Å². The third-order valence-corrected chi connectivity index (χ3v) is 3.41. The molecule has 0 bridgehead atoms. The Kier molecular flexibility index (Phi) is 5.05. The Morgan fingerprint density at radius 2 is 1.75 bits per heavy atom. The summed E-state index contributed by atoms with van der Waals surface area (Å²) in [6, 6.07) is 14.8. The van der Waals surface area contributed by atoms with E-state index in [-0.39, 0.29) is 0 Å². The van der Waals surface area contributed by atoms with Gasteiger partial charge in [-0.05, 0) is 49.1 Å². The molecule has 0 aromatic heterocycles. The predicted octanol–water partition coefficient (Wildman–Crippen LogP) is 4.57. The summed E-state index contributed by atoms with van der Waals surface area (Å²) in [7, 11) is 0. The molecule has 20 heavy (non-hydrogen) atoms. The first kappa shape index (κ1) is 14.4. The number of rotatable bonds is 6. The van der Waals surface area contributed by atoms with Gasteiger partial charge in [0.05, 0.1) is 12.3 Å². The lowest BCUT2D eigenvalue weighted by Crippen LogP contribution is -2.05. The summed E-state index contributed by atoms with van der Waals surface area (Å²) in [6.45, 7) is 7.80. The van der Waals surface area contributed by atoms with Crippen LogP contribution in [0, 0.1) is 6.92 Å². The van der Waals surface area contributed by atoms with E-state index < -0.39 is 0 Å². The van der Waals surface area contributed by atoms with Gasteiger partial charge in [0.2, 0.25) is 0 Å². The first-order chi connectivity index (χ1) is 9.74. The Balaban J connectivity index is 2.14. The van der Waals surface area contributed by atoms with Crippen LogP contribution in [0.15, 0.2) is 42.5 Å². The first-order valence-electron chi connectivity index (χ1n) is 7.28. The SMILES string of the molecule is CCOc1cc(C)ccc1NCc1ccccc1CC. The van der Waals surface area contributed by atoms with Crippen LogP contribution in [0.2, 0.25) is 0 Å². The van der Waals surface area contributed by atoms with Crippen molar-refractivity contribution in [3.8, 4) is 5.75 Å². The van der Waals surface area contributed by atoms with Gasteiger partial charge in [-0.2, -0.15) is 0 Å². The van der Waals surface area contributed by atoms with Crippen LogP contribution in [-0.2, 0) is 13.0 Å². The number of hydrogen-bond donors (Lipinski definition) is 1. The molecule has 0 aliphatic rings. The smallest absolute Gasteiger partial charge is 0.142 e. The third-order valence-electron chi connectivity index (χ3n) is 3.41. The van der Waals surface area contributed by atoms with Crippen molar-refractivity contribution in [1.82, 2.24) is 0 Å². The summed E-state index contributed by atoms with van der Waals surface area (Å²) in [5.41, 5.74) is 5.01. The molecular formula is C18H23NO. The van der Waals surface area contributed by atoms with Crippen LogP contribution in [0.3, 0.4) is 0 Å². The van der Waals surface area contributed by atoms with Crippen molar-refractivity contribution in [2.45, 2.75) is 33.7 Å². The van der Waals surface area contributed by atoms with Crippen molar-refractivity contribution < 1.29 is 4.74 Å². The van der Waals surface area contributed by atoms with Gasteiger partial charge in [0.15, 0.2) is 0 Å². The highest BCUT2D eigenvalue weighted by atomic mass is 16.5. The summed E-state index contributed by atoms with van der Waals surface area (Å²) < 4.78 is 5.70. The molecule has 2 aromatic carbocycles. The van der Waals surface area contributed by atoms with Crippen LogP contribution in [0.4, 0.5) is 5.69 Å². The highest BCUT2D eigenvalue weighted by molar-refractivity contribution is 5.58. The van der Waals surface area contributed by atoms with Gasteiger partial charge in [-0.3, -0.25) is 0 Å². The molecule has 0 saturated heterocycles. The van der Waals surface area contributed by atoms with E-state index in [4.69, 9.17) is 4.74 Å². The molecule has 0 saturated carbocycles. The second kappa shape index (κ2) is 6.99. The van der Waals surface area contributed by atoms with Gasteiger partial charge in [-0.25, -0.2) is 0 Å². The maximum atomic E-state index is 5.70. The van der Waals surface area contributed by atoms with Crippen molar-refractivity contribution in [2.75, 3.05) is 11.9 Å². The average molecular weight is 269 g/mol. The molecule has 0 radical (unpaired) electrons. The number of nitrogens with one attached hydrogen (secondary N) is 1. The number of hydrogen-bond acceptors (Lipinski definition) is 2. The van der Waals surface area contributed by atoms with Crippen molar-refractivity contribution in [3.05, 3.63) is 59.2 Å². The number of benzene rings is 2. The largest absolute Gasteiger partial charge is 0.492 e. The first-order valence-corrected chi connectivity index (χ1v) is 7.28. The van der Waals surface area contributed by atoms with Gasteiger partial charge in [0, 0.05) is 6.54 Å². The summed E-state index contributed by atoms with van der Waals surface area (Å²) in [6.07, 6.45) is 1.06. The number of ether oxygens (including phenoxy) is 1. The van der Waals surface area contributed by atoms with Crippen LogP contribution in [0.25, 0.3) is 0 Å². The molecule has 0 heterocycles. The molecule has 0 fully saturated rings. The van der Waals surface area contributed by atoms with E-state index in [1.807, 2.05) is 6.92 Å². The van der Waals surface area contributed by atoms with Gasteiger partial charge in [-0.15, -0.1) is 0 Å². The molecule has 2 nitrogen and oxygen atoms in total.